The zero-order valence-corrected chi connectivity index (χ0v) is 11.8. The summed E-state index contributed by atoms with van der Waals surface area (Å²) in [5.41, 5.74) is 2.21. The van der Waals surface area contributed by atoms with Crippen LogP contribution in [0, 0.1) is 6.42 Å². The van der Waals surface area contributed by atoms with Crippen molar-refractivity contribution in [2.75, 3.05) is 0 Å². The molecule has 0 aliphatic rings. The van der Waals surface area contributed by atoms with Gasteiger partial charge in [-0.25, -0.2) is 0 Å². The van der Waals surface area contributed by atoms with Crippen molar-refractivity contribution in [2.24, 2.45) is 0 Å². The Balaban J connectivity index is 2.36. The van der Waals surface area contributed by atoms with Crippen LogP contribution in [0.15, 0.2) is 60.7 Å². The van der Waals surface area contributed by atoms with Crippen molar-refractivity contribution < 1.29 is 0 Å². The third-order valence-corrected chi connectivity index (χ3v) is 3.05. The number of halogens is 3. The minimum Gasteiger partial charge on any atom is -0.0833 e. The lowest BCUT2D eigenvalue weighted by molar-refractivity contribution is 0.907. The van der Waals surface area contributed by atoms with Gasteiger partial charge in [0.1, 0.15) is 0 Å². The summed E-state index contributed by atoms with van der Waals surface area (Å²) in [7, 11) is 0. The Morgan fingerprint density at radius 3 is 1.44 bits per heavy atom. The van der Waals surface area contributed by atoms with Crippen molar-refractivity contribution in [1.82, 2.24) is 0 Å². The van der Waals surface area contributed by atoms with Crippen molar-refractivity contribution in [2.45, 2.75) is 9.71 Å². The quantitative estimate of drug-likeness (QED) is 0.666. The van der Waals surface area contributed by atoms with Gasteiger partial charge < -0.3 is 0 Å². The zero-order valence-electron chi connectivity index (χ0n) is 9.56. The lowest BCUT2D eigenvalue weighted by Crippen LogP contribution is -2.13. The first-order chi connectivity index (χ1) is 8.56. The van der Waals surface area contributed by atoms with E-state index in [0.717, 1.165) is 11.1 Å². The van der Waals surface area contributed by atoms with Crippen LogP contribution in [-0.2, 0) is 0 Å². The average molecular weight is 299 g/mol. The highest BCUT2D eigenvalue weighted by Crippen LogP contribution is 2.39. The second kappa shape index (κ2) is 5.97. The predicted molar refractivity (Wildman–Crippen MR) is 79.3 cm³/mol. The van der Waals surface area contributed by atoms with Crippen LogP contribution in [0.3, 0.4) is 0 Å². The van der Waals surface area contributed by atoms with E-state index in [-0.39, 0.29) is 5.92 Å². The Hall–Kier alpha value is -0.690. The van der Waals surface area contributed by atoms with E-state index in [4.69, 9.17) is 34.8 Å². The summed E-state index contributed by atoms with van der Waals surface area (Å²) in [6.07, 6.45) is 1.72. The lowest BCUT2D eigenvalue weighted by Gasteiger charge is -2.21. The number of benzene rings is 2. The lowest BCUT2D eigenvalue weighted by atomic mass is 9.89. The van der Waals surface area contributed by atoms with Gasteiger partial charge in [0.15, 0.2) is 3.79 Å². The fraction of sp³-hybridized carbons (Fsp3) is 0.133. The Labute approximate surface area is 122 Å². The van der Waals surface area contributed by atoms with Crippen LogP contribution in [0.2, 0.25) is 0 Å². The number of hydrogen-bond acceptors (Lipinski definition) is 0. The van der Waals surface area contributed by atoms with Gasteiger partial charge in [0.05, 0.1) is 0 Å². The number of alkyl halides is 3. The fourth-order valence-corrected chi connectivity index (χ4v) is 2.27. The zero-order chi connectivity index (χ0) is 13.0. The normalized spacial score (nSPS) is 11.8. The van der Waals surface area contributed by atoms with Crippen LogP contribution >= 0.6 is 34.8 Å². The van der Waals surface area contributed by atoms with Gasteiger partial charge in [0.25, 0.3) is 0 Å². The van der Waals surface area contributed by atoms with E-state index in [1.807, 2.05) is 60.7 Å². The summed E-state index contributed by atoms with van der Waals surface area (Å²) in [5.74, 6) is -0.0279. The third-order valence-electron chi connectivity index (χ3n) is 2.67. The second-order valence-electron chi connectivity index (χ2n) is 4.01. The number of hydrogen-bond donors (Lipinski definition) is 0. The summed E-state index contributed by atoms with van der Waals surface area (Å²) in [4.78, 5) is 0. The first-order valence-electron chi connectivity index (χ1n) is 5.59. The molecule has 0 unspecified atom stereocenters. The van der Waals surface area contributed by atoms with E-state index in [0.29, 0.717) is 0 Å². The van der Waals surface area contributed by atoms with Gasteiger partial charge in [-0.3, -0.25) is 0 Å². The van der Waals surface area contributed by atoms with Gasteiger partial charge >= 0.3 is 0 Å². The van der Waals surface area contributed by atoms with Gasteiger partial charge in [-0.05, 0) is 11.1 Å². The molecule has 0 spiro atoms. The maximum atomic E-state index is 5.90. The Morgan fingerprint density at radius 1 is 0.722 bits per heavy atom. The van der Waals surface area contributed by atoms with E-state index < -0.39 is 3.79 Å². The Morgan fingerprint density at radius 2 is 1.11 bits per heavy atom. The van der Waals surface area contributed by atoms with Crippen LogP contribution in [-0.4, -0.2) is 3.79 Å². The minimum absolute atomic E-state index is 0.0279. The molecule has 0 atom stereocenters. The van der Waals surface area contributed by atoms with Gasteiger partial charge in [-0.15, -0.1) is 0 Å². The molecule has 0 amide bonds. The topological polar surface area (TPSA) is 0 Å². The molecular formula is C15H12Cl3. The van der Waals surface area contributed by atoms with E-state index in [2.05, 4.69) is 0 Å². The van der Waals surface area contributed by atoms with E-state index in [1.54, 1.807) is 6.42 Å². The van der Waals surface area contributed by atoms with Gasteiger partial charge in [0.2, 0.25) is 0 Å². The molecule has 0 nitrogen and oxygen atoms in total. The second-order valence-corrected chi connectivity index (χ2v) is 6.38. The molecule has 3 heteroatoms. The average Bonchev–Trinajstić information content (AvgIpc) is 2.37. The van der Waals surface area contributed by atoms with Gasteiger partial charge in [-0.1, -0.05) is 95.5 Å². The third kappa shape index (κ3) is 3.91. The largest absolute Gasteiger partial charge is 0.194 e. The first kappa shape index (κ1) is 13.7. The van der Waals surface area contributed by atoms with E-state index in [1.165, 1.54) is 0 Å². The summed E-state index contributed by atoms with van der Waals surface area (Å²) < 4.78 is -1.38. The highest BCUT2D eigenvalue weighted by atomic mass is 35.6. The number of rotatable bonds is 3. The molecule has 0 heterocycles. The van der Waals surface area contributed by atoms with Crippen molar-refractivity contribution in [3.05, 3.63) is 78.2 Å². The van der Waals surface area contributed by atoms with E-state index in [9.17, 15) is 0 Å². The molecule has 93 valence electrons. The van der Waals surface area contributed by atoms with Crippen molar-refractivity contribution in [1.29, 1.82) is 0 Å². The molecule has 0 saturated heterocycles. The molecule has 0 aromatic heterocycles. The maximum absolute atomic E-state index is 5.90. The molecule has 2 rings (SSSR count). The smallest absolute Gasteiger partial charge is 0.0833 e. The van der Waals surface area contributed by atoms with E-state index >= 15 is 0 Å². The summed E-state index contributed by atoms with van der Waals surface area (Å²) >= 11 is 17.7. The van der Waals surface area contributed by atoms with Crippen LogP contribution in [0.1, 0.15) is 17.0 Å². The van der Waals surface area contributed by atoms with Crippen molar-refractivity contribution >= 4 is 34.8 Å². The first-order valence-corrected chi connectivity index (χ1v) is 6.72. The monoisotopic (exact) mass is 297 g/mol. The molecular weight excluding hydrogens is 287 g/mol. The molecule has 0 aliphatic heterocycles. The van der Waals surface area contributed by atoms with Gasteiger partial charge in [-0.2, -0.15) is 0 Å². The Kier molecular flexibility index (Phi) is 4.55. The van der Waals surface area contributed by atoms with Crippen molar-refractivity contribution in [3.8, 4) is 0 Å². The summed E-state index contributed by atoms with van der Waals surface area (Å²) in [5, 5.41) is 0. The van der Waals surface area contributed by atoms with Crippen LogP contribution in [0.4, 0.5) is 0 Å². The molecule has 2 aromatic carbocycles. The molecule has 1 radical (unpaired) electrons. The molecule has 0 saturated carbocycles. The molecule has 0 fully saturated rings. The van der Waals surface area contributed by atoms with Crippen molar-refractivity contribution in [3.63, 3.8) is 0 Å². The highest BCUT2D eigenvalue weighted by molar-refractivity contribution is 6.68. The summed E-state index contributed by atoms with van der Waals surface area (Å²) in [6.45, 7) is 0. The molecule has 18 heavy (non-hydrogen) atoms. The summed E-state index contributed by atoms with van der Waals surface area (Å²) in [6, 6.07) is 20.0. The van der Waals surface area contributed by atoms with Crippen LogP contribution in [0.25, 0.3) is 0 Å². The Bertz CT molecular complexity index is 435. The molecule has 2 aromatic rings. The van der Waals surface area contributed by atoms with Crippen LogP contribution < -0.4 is 0 Å². The predicted octanol–water partition coefficient (Wildman–Crippen LogP) is 5.39. The van der Waals surface area contributed by atoms with Crippen LogP contribution in [0.5, 0.6) is 0 Å². The SMILES string of the molecule is ClC(Cl)(Cl)[CH]C(c1ccccc1)c1ccccc1. The molecule has 0 bridgehead atoms. The minimum atomic E-state index is -1.38. The maximum Gasteiger partial charge on any atom is 0.194 e. The molecule has 0 N–H and O–H groups in total. The standard InChI is InChI=1S/C15H12Cl3/c16-15(17,18)11-14(12-7-3-1-4-8-12)13-9-5-2-6-10-13/h1-11,14H. The fourth-order valence-electron chi connectivity index (χ4n) is 1.89. The highest BCUT2D eigenvalue weighted by Gasteiger charge is 2.27. The molecule has 0 aliphatic carbocycles. The van der Waals surface area contributed by atoms with Gasteiger partial charge in [0, 0.05) is 12.3 Å².